The Hall–Kier alpha value is 0.110. The molecule has 0 heterocycles. The molecule has 0 atom stereocenters. The highest BCUT2D eigenvalue weighted by Crippen LogP contribution is 2.33. The molecule has 0 nitrogen and oxygen atoms in total. The lowest BCUT2D eigenvalue weighted by Crippen LogP contribution is -2.30. The minimum Gasteiger partial charge on any atom is -0.207 e. The molecule has 0 saturated heterocycles. The van der Waals surface area contributed by atoms with Crippen molar-refractivity contribution in [3.05, 3.63) is 35.6 Å². The van der Waals surface area contributed by atoms with Gasteiger partial charge < -0.3 is 0 Å². The van der Waals surface area contributed by atoms with Crippen molar-refractivity contribution >= 4 is 31.9 Å². The Morgan fingerprint density at radius 1 is 1.27 bits per heavy atom. The first-order chi connectivity index (χ1) is 7.18. The quantitative estimate of drug-likeness (QED) is 0.686. The molecule has 0 bridgehead atoms. The van der Waals surface area contributed by atoms with Crippen LogP contribution in [0, 0.1) is 5.82 Å². The van der Waals surface area contributed by atoms with Crippen molar-refractivity contribution in [2.45, 2.75) is 25.2 Å². The summed E-state index contributed by atoms with van der Waals surface area (Å²) in [5, 5.41) is 1.70. The zero-order valence-corrected chi connectivity index (χ0v) is 11.9. The van der Waals surface area contributed by atoms with Crippen molar-refractivity contribution in [2.24, 2.45) is 0 Å². The van der Waals surface area contributed by atoms with E-state index in [-0.39, 0.29) is 11.2 Å². The van der Waals surface area contributed by atoms with Gasteiger partial charge in [-0.2, -0.15) is 0 Å². The van der Waals surface area contributed by atoms with E-state index in [4.69, 9.17) is 0 Å². The Balaban J connectivity index is 3.07. The Bertz CT molecular complexity index is 308. The maximum Gasteiger partial charge on any atom is 0.123 e. The Morgan fingerprint density at radius 2 is 1.93 bits per heavy atom. The summed E-state index contributed by atoms with van der Waals surface area (Å²) in [6.07, 6.45) is 2.14. The summed E-state index contributed by atoms with van der Waals surface area (Å²) in [4.78, 5) is 0. The third-order valence-corrected chi connectivity index (χ3v) is 4.82. The molecule has 0 fully saturated rings. The monoisotopic (exact) mass is 336 g/mol. The number of hydrogen-bond donors (Lipinski definition) is 0. The maximum absolute atomic E-state index is 13.2. The van der Waals surface area contributed by atoms with Gasteiger partial charge in [0.1, 0.15) is 5.82 Å². The zero-order valence-electron chi connectivity index (χ0n) is 8.77. The lowest BCUT2D eigenvalue weighted by Gasteiger charge is -2.30. The van der Waals surface area contributed by atoms with E-state index in [2.05, 4.69) is 38.8 Å². The molecule has 0 aliphatic carbocycles. The van der Waals surface area contributed by atoms with Crippen LogP contribution in [0.5, 0.6) is 0 Å². The van der Waals surface area contributed by atoms with Gasteiger partial charge in [-0.1, -0.05) is 57.3 Å². The molecule has 0 aliphatic heterocycles. The molecule has 0 aliphatic rings. The second-order valence-corrected chi connectivity index (χ2v) is 4.93. The molecule has 15 heavy (non-hydrogen) atoms. The van der Waals surface area contributed by atoms with Gasteiger partial charge in [-0.15, -0.1) is 0 Å². The first-order valence-electron chi connectivity index (χ1n) is 5.06. The van der Waals surface area contributed by atoms with Gasteiger partial charge in [0.05, 0.1) is 0 Å². The number of benzene rings is 1. The van der Waals surface area contributed by atoms with E-state index in [1.807, 2.05) is 6.07 Å². The van der Waals surface area contributed by atoms with E-state index in [0.717, 1.165) is 29.1 Å². The molecule has 0 spiro atoms. The predicted molar refractivity (Wildman–Crippen MR) is 70.6 cm³/mol. The molecule has 0 amide bonds. The van der Waals surface area contributed by atoms with Gasteiger partial charge in [-0.25, -0.2) is 4.39 Å². The lowest BCUT2D eigenvalue weighted by atomic mass is 9.80. The first kappa shape index (κ1) is 13.2. The number of alkyl halides is 2. The van der Waals surface area contributed by atoms with Crippen LogP contribution in [0.25, 0.3) is 0 Å². The lowest BCUT2D eigenvalue weighted by molar-refractivity contribution is 0.492. The van der Waals surface area contributed by atoms with Gasteiger partial charge in [0.25, 0.3) is 0 Å². The summed E-state index contributed by atoms with van der Waals surface area (Å²) in [5.41, 5.74) is 1.08. The standard InChI is InChI=1S/C12H15Br2F/c1-2-6-12(8-13,9-14)10-4-3-5-11(15)7-10/h3-5,7H,2,6,8-9H2,1H3. The van der Waals surface area contributed by atoms with Gasteiger partial charge >= 0.3 is 0 Å². The molecule has 3 heteroatoms. The van der Waals surface area contributed by atoms with Crippen LogP contribution in [0.2, 0.25) is 0 Å². The van der Waals surface area contributed by atoms with E-state index in [1.54, 1.807) is 12.1 Å². The molecular formula is C12H15Br2F. The number of halogens is 3. The smallest absolute Gasteiger partial charge is 0.123 e. The normalized spacial score (nSPS) is 11.7. The first-order valence-corrected chi connectivity index (χ1v) is 7.31. The van der Waals surface area contributed by atoms with Crippen molar-refractivity contribution < 1.29 is 4.39 Å². The van der Waals surface area contributed by atoms with Crippen molar-refractivity contribution in [3.63, 3.8) is 0 Å². The van der Waals surface area contributed by atoms with Gasteiger partial charge in [-0.05, 0) is 24.1 Å². The summed E-state index contributed by atoms with van der Waals surface area (Å²) in [6.45, 7) is 2.15. The molecule has 0 radical (unpaired) electrons. The Morgan fingerprint density at radius 3 is 2.40 bits per heavy atom. The molecule has 0 unspecified atom stereocenters. The van der Waals surface area contributed by atoms with Crippen LogP contribution in [0.1, 0.15) is 25.3 Å². The largest absolute Gasteiger partial charge is 0.207 e. The third-order valence-electron chi connectivity index (χ3n) is 2.68. The number of hydrogen-bond acceptors (Lipinski definition) is 0. The van der Waals surface area contributed by atoms with E-state index in [9.17, 15) is 4.39 Å². The summed E-state index contributed by atoms with van der Waals surface area (Å²) < 4.78 is 13.2. The highest BCUT2D eigenvalue weighted by Gasteiger charge is 2.29. The second-order valence-electron chi connectivity index (χ2n) is 3.81. The van der Waals surface area contributed by atoms with Crippen LogP contribution in [0.3, 0.4) is 0 Å². The molecule has 1 rings (SSSR count). The van der Waals surface area contributed by atoms with Crippen LogP contribution in [0.15, 0.2) is 24.3 Å². The van der Waals surface area contributed by atoms with Crippen LogP contribution < -0.4 is 0 Å². The summed E-state index contributed by atoms with van der Waals surface area (Å²) in [6, 6.07) is 6.91. The molecule has 1 aromatic carbocycles. The van der Waals surface area contributed by atoms with Crippen molar-refractivity contribution in [2.75, 3.05) is 10.7 Å². The van der Waals surface area contributed by atoms with Crippen LogP contribution in [-0.2, 0) is 5.41 Å². The minimum atomic E-state index is -0.158. The zero-order chi connectivity index (χ0) is 11.3. The average Bonchev–Trinajstić information content (AvgIpc) is 2.26. The Kier molecular flexibility index (Phi) is 5.27. The number of rotatable bonds is 5. The third kappa shape index (κ3) is 3.04. The second kappa shape index (κ2) is 6.00. The molecule has 1 aromatic rings. The van der Waals surface area contributed by atoms with Gasteiger partial charge in [-0.3, -0.25) is 0 Å². The van der Waals surface area contributed by atoms with E-state index >= 15 is 0 Å². The highest BCUT2D eigenvalue weighted by atomic mass is 79.9. The van der Waals surface area contributed by atoms with E-state index in [1.165, 1.54) is 6.07 Å². The molecule has 0 aromatic heterocycles. The predicted octanol–water partition coefficient (Wildman–Crippen LogP) is 4.65. The minimum absolute atomic E-state index is 0.0108. The summed E-state index contributed by atoms with van der Waals surface area (Å²) in [7, 11) is 0. The highest BCUT2D eigenvalue weighted by molar-refractivity contribution is 9.09. The fourth-order valence-electron chi connectivity index (χ4n) is 1.76. The maximum atomic E-state index is 13.2. The van der Waals surface area contributed by atoms with Crippen molar-refractivity contribution in [1.29, 1.82) is 0 Å². The molecule has 0 saturated carbocycles. The van der Waals surface area contributed by atoms with Crippen LogP contribution in [-0.4, -0.2) is 10.7 Å². The Labute approximate surface area is 108 Å². The fourth-order valence-corrected chi connectivity index (χ4v) is 3.90. The van der Waals surface area contributed by atoms with Crippen LogP contribution >= 0.6 is 31.9 Å². The van der Waals surface area contributed by atoms with E-state index in [0.29, 0.717) is 0 Å². The van der Waals surface area contributed by atoms with Crippen molar-refractivity contribution in [1.82, 2.24) is 0 Å². The summed E-state index contributed by atoms with van der Waals surface area (Å²) in [5.74, 6) is -0.158. The summed E-state index contributed by atoms with van der Waals surface area (Å²) >= 11 is 7.09. The fraction of sp³-hybridized carbons (Fsp3) is 0.500. The van der Waals surface area contributed by atoms with Gasteiger partial charge in [0.2, 0.25) is 0 Å². The average molecular weight is 338 g/mol. The van der Waals surface area contributed by atoms with Gasteiger partial charge in [0.15, 0.2) is 0 Å². The van der Waals surface area contributed by atoms with Crippen LogP contribution in [0.4, 0.5) is 4.39 Å². The molecule has 0 N–H and O–H groups in total. The van der Waals surface area contributed by atoms with Gasteiger partial charge in [0, 0.05) is 16.1 Å². The van der Waals surface area contributed by atoms with E-state index < -0.39 is 0 Å². The molecule has 84 valence electrons. The SMILES string of the molecule is CCCC(CBr)(CBr)c1cccc(F)c1. The van der Waals surface area contributed by atoms with Crippen molar-refractivity contribution in [3.8, 4) is 0 Å². The molecular weight excluding hydrogens is 323 g/mol. The topological polar surface area (TPSA) is 0 Å².